The molecule has 3 aromatic rings. The molecule has 2 amide bonds. The van der Waals surface area contributed by atoms with Gasteiger partial charge in [-0.2, -0.15) is 0 Å². The molecule has 0 fully saturated rings. The van der Waals surface area contributed by atoms with Crippen molar-refractivity contribution in [3.05, 3.63) is 100 Å². The van der Waals surface area contributed by atoms with Crippen LogP contribution in [0, 0.1) is 5.92 Å². The smallest absolute Gasteiger partial charge is 0.261 e. The minimum absolute atomic E-state index is 0.204. The first-order valence-electron chi connectivity index (χ1n) is 11.6. The molecule has 0 bridgehead atoms. The van der Waals surface area contributed by atoms with Gasteiger partial charge in [0.2, 0.25) is 5.91 Å². The Kier molecular flexibility index (Phi) is 10.0. The predicted molar refractivity (Wildman–Crippen MR) is 141 cm³/mol. The van der Waals surface area contributed by atoms with Gasteiger partial charge in [-0.3, -0.25) is 9.59 Å². The number of rotatable bonds is 11. The Labute approximate surface area is 217 Å². The third-order valence-electron chi connectivity index (χ3n) is 5.37. The van der Waals surface area contributed by atoms with Gasteiger partial charge in [-0.25, -0.2) is 0 Å². The fourth-order valence-electron chi connectivity index (χ4n) is 3.57. The van der Waals surface area contributed by atoms with Gasteiger partial charge in [0.05, 0.1) is 0 Å². The minimum Gasteiger partial charge on any atom is -0.484 e. The van der Waals surface area contributed by atoms with Gasteiger partial charge in [-0.05, 0) is 53.4 Å². The van der Waals surface area contributed by atoms with Crippen molar-refractivity contribution in [2.45, 2.75) is 32.9 Å². The fourth-order valence-corrected chi connectivity index (χ4v) is 3.91. The van der Waals surface area contributed by atoms with Crippen LogP contribution in [-0.4, -0.2) is 35.9 Å². The molecule has 35 heavy (non-hydrogen) atoms. The van der Waals surface area contributed by atoms with Gasteiger partial charge < -0.3 is 15.0 Å². The van der Waals surface area contributed by atoms with Crippen molar-refractivity contribution in [2.75, 3.05) is 13.2 Å². The van der Waals surface area contributed by atoms with E-state index in [1.807, 2.05) is 56.3 Å². The van der Waals surface area contributed by atoms with E-state index in [0.29, 0.717) is 28.8 Å². The summed E-state index contributed by atoms with van der Waals surface area (Å²) in [6.07, 6.45) is 0.373. The van der Waals surface area contributed by atoms with E-state index < -0.39 is 6.04 Å². The van der Waals surface area contributed by atoms with Gasteiger partial charge in [0.1, 0.15) is 11.8 Å². The van der Waals surface area contributed by atoms with Gasteiger partial charge in [-0.15, -0.1) is 0 Å². The summed E-state index contributed by atoms with van der Waals surface area (Å²) < 4.78 is 5.74. The molecular weight excluding hydrogens is 483 g/mol. The van der Waals surface area contributed by atoms with Crippen molar-refractivity contribution < 1.29 is 14.3 Å². The lowest BCUT2D eigenvalue weighted by Gasteiger charge is -2.31. The second kappa shape index (κ2) is 13.2. The second-order valence-electron chi connectivity index (χ2n) is 8.74. The maximum Gasteiger partial charge on any atom is 0.261 e. The van der Waals surface area contributed by atoms with Crippen LogP contribution in [0.1, 0.15) is 25.0 Å². The predicted octanol–water partition coefficient (Wildman–Crippen LogP) is 5.78. The third kappa shape index (κ3) is 8.61. The summed E-state index contributed by atoms with van der Waals surface area (Å²) in [5, 5.41) is 4.15. The van der Waals surface area contributed by atoms with Crippen LogP contribution in [0.3, 0.4) is 0 Å². The van der Waals surface area contributed by atoms with Crippen LogP contribution in [0.25, 0.3) is 0 Å². The summed E-state index contributed by atoms with van der Waals surface area (Å²) in [6.45, 7) is 4.58. The summed E-state index contributed by atoms with van der Waals surface area (Å²) in [5.41, 5.74) is 1.78. The zero-order chi connectivity index (χ0) is 25.2. The van der Waals surface area contributed by atoms with E-state index in [4.69, 9.17) is 27.9 Å². The van der Waals surface area contributed by atoms with Crippen LogP contribution < -0.4 is 10.1 Å². The molecule has 0 unspecified atom stereocenters. The zero-order valence-electron chi connectivity index (χ0n) is 19.9. The second-order valence-corrected chi connectivity index (χ2v) is 9.61. The molecule has 0 saturated heterocycles. The van der Waals surface area contributed by atoms with Crippen molar-refractivity contribution in [1.82, 2.24) is 10.2 Å². The fraction of sp³-hybridized carbons (Fsp3) is 0.286. The Morgan fingerprint density at radius 3 is 2.23 bits per heavy atom. The van der Waals surface area contributed by atoms with Gasteiger partial charge in [-0.1, -0.05) is 79.5 Å². The maximum atomic E-state index is 13.5. The number of halogens is 2. The van der Waals surface area contributed by atoms with Crippen LogP contribution >= 0.6 is 23.2 Å². The number of amides is 2. The molecule has 0 saturated carbocycles. The molecule has 7 heteroatoms. The highest BCUT2D eigenvalue weighted by atomic mass is 35.5. The highest BCUT2D eigenvalue weighted by Gasteiger charge is 2.30. The first-order chi connectivity index (χ1) is 16.8. The quantitative estimate of drug-likeness (QED) is 0.354. The molecule has 3 rings (SSSR count). The number of hydrogen-bond donors (Lipinski definition) is 1. The lowest BCUT2D eigenvalue weighted by molar-refractivity contribution is -0.142. The zero-order valence-corrected chi connectivity index (χ0v) is 21.4. The number of hydrogen-bond acceptors (Lipinski definition) is 3. The van der Waals surface area contributed by atoms with E-state index in [9.17, 15) is 9.59 Å². The minimum atomic E-state index is -0.726. The van der Waals surface area contributed by atoms with Crippen LogP contribution in [0.2, 0.25) is 10.0 Å². The Balaban J connectivity index is 1.89. The van der Waals surface area contributed by atoms with Crippen LogP contribution in [0.4, 0.5) is 0 Å². The molecule has 0 aliphatic heterocycles. The molecule has 3 aromatic carbocycles. The van der Waals surface area contributed by atoms with Gasteiger partial charge in [0, 0.05) is 29.6 Å². The number of nitrogens with one attached hydrogen (secondary N) is 1. The number of ether oxygens (including phenoxy) is 1. The largest absolute Gasteiger partial charge is 0.484 e. The number of carbonyl (C=O) groups excluding carboxylic acids is 2. The molecule has 0 spiro atoms. The van der Waals surface area contributed by atoms with Crippen LogP contribution in [-0.2, 0) is 22.6 Å². The average molecular weight is 513 g/mol. The Bertz CT molecular complexity index is 1100. The number of benzene rings is 3. The molecule has 0 heterocycles. The molecule has 0 aliphatic carbocycles. The molecular formula is C28H30Cl2N2O3. The molecule has 0 aromatic heterocycles. The lowest BCUT2D eigenvalue weighted by Crippen LogP contribution is -2.52. The normalized spacial score (nSPS) is 11.7. The van der Waals surface area contributed by atoms with Crippen molar-refractivity contribution in [1.29, 1.82) is 0 Å². The first-order valence-corrected chi connectivity index (χ1v) is 12.3. The van der Waals surface area contributed by atoms with Crippen molar-refractivity contribution in [2.24, 2.45) is 5.92 Å². The van der Waals surface area contributed by atoms with E-state index in [-0.39, 0.29) is 30.9 Å². The van der Waals surface area contributed by atoms with E-state index in [0.717, 1.165) is 11.1 Å². The van der Waals surface area contributed by atoms with E-state index in [2.05, 4.69) is 5.32 Å². The van der Waals surface area contributed by atoms with Gasteiger partial charge in [0.25, 0.3) is 5.91 Å². The van der Waals surface area contributed by atoms with Gasteiger partial charge in [0.15, 0.2) is 6.61 Å². The molecule has 184 valence electrons. The summed E-state index contributed by atoms with van der Waals surface area (Å²) in [7, 11) is 0. The topological polar surface area (TPSA) is 58.6 Å². The third-order valence-corrected chi connectivity index (χ3v) is 5.86. The molecule has 0 aliphatic rings. The average Bonchev–Trinajstić information content (AvgIpc) is 2.85. The lowest BCUT2D eigenvalue weighted by atomic mass is 10.0. The van der Waals surface area contributed by atoms with Crippen molar-refractivity contribution in [3.63, 3.8) is 0 Å². The molecule has 5 nitrogen and oxygen atoms in total. The van der Waals surface area contributed by atoms with E-state index in [1.165, 1.54) is 0 Å². The summed E-state index contributed by atoms with van der Waals surface area (Å²) in [6, 6.07) is 23.0. The Morgan fingerprint density at radius 1 is 0.886 bits per heavy atom. The highest BCUT2D eigenvalue weighted by molar-refractivity contribution is 6.30. The van der Waals surface area contributed by atoms with Crippen LogP contribution in [0.15, 0.2) is 78.9 Å². The summed E-state index contributed by atoms with van der Waals surface area (Å²) in [5.74, 6) is 0.293. The molecule has 1 N–H and O–H groups in total. The van der Waals surface area contributed by atoms with E-state index >= 15 is 0 Å². The molecule has 1 atom stereocenters. The van der Waals surface area contributed by atoms with Crippen molar-refractivity contribution >= 4 is 35.0 Å². The Hall–Kier alpha value is -3.02. The summed E-state index contributed by atoms with van der Waals surface area (Å²) >= 11 is 12.1. The van der Waals surface area contributed by atoms with E-state index in [1.54, 1.807) is 41.3 Å². The summed E-state index contributed by atoms with van der Waals surface area (Å²) in [4.78, 5) is 28.5. The Morgan fingerprint density at radius 2 is 1.57 bits per heavy atom. The van der Waals surface area contributed by atoms with Gasteiger partial charge >= 0.3 is 0 Å². The molecule has 0 radical (unpaired) electrons. The first kappa shape index (κ1) is 26.6. The SMILES string of the molecule is CC(C)CNC(=O)[C@@H](Cc1ccccc1)N(Cc1cccc(Cl)c1)C(=O)COc1ccc(Cl)cc1. The van der Waals surface area contributed by atoms with Crippen molar-refractivity contribution in [3.8, 4) is 5.75 Å². The van der Waals surface area contributed by atoms with Crippen LogP contribution in [0.5, 0.6) is 5.75 Å². The maximum absolute atomic E-state index is 13.5. The standard InChI is InChI=1S/C28H30Cl2N2O3/c1-20(2)17-31-28(34)26(16-21-7-4-3-5-8-21)32(18-22-9-6-10-24(30)15-22)27(33)19-35-25-13-11-23(29)12-14-25/h3-15,20,26H,16-19H2,1-2H3,(H,31,34)/t26-/m1/s1. The highest BCUT2D eigenvalue weighted by Crippen LogP contribution is 2.19. The number of nitrogens with zero attached hydrogens (tertiary/aromatic N) is 1. The monoisotopic (exact) mass is 512 g/mol. The number of carbonyl (C=O) groups is 2.